The lowest BCUT2D eigenvalue weighted by atomic mass is 9.95. The van der Waals surface area contributed by atoms with Crippen LogP contribution >= 0.6 is 15.9 Å². The van der Waals surface area contributed by atoms with Gasteiger partial charge in [-0.05, 0) is 24.1 Å². The summed E-state index contributed by atoms with van der Waals surface area (Å²) in [6.45, 7) is 4.37. The number of hydrogen-bond donors (Lipinski definition) is 2. The summed E-state index contributed by atoms with van der Waals surface area (Å²) in [4.78, 5) is 14.2. The second-order valence-corrected chi connectivity index (χ2v) is 6.05. The zero-order chi connectivity index (χ0) is 14.6. The number of anilines is 2. The molecule has 0 aromatic heterocycles. The summed E-state index contributed by atoms with van der Waals surface area (Å²) < 4.78 is 0.933. The number of hydrogen-bond acceptors (Lipinski definition) is 3. The van der Waals surface area contributed by atoms with Crippen molar-refractivity contribution in [1.82, 2.24) is 0 Å². The minimum atomic E-state index is -0.172. The van der Waals surface area contributed by atoms with Crippen molar-refractivity contribution in [3.63, 3.8) is 0 Å². The monoisotopic (exact) mass is 327 g/mol. The SMILES string of the molecule is CC(C)C(CN)C(=O)Nc1cc(Br)ccc1N(C)C. The predicted octanol–water partition coefficient (Wildman–Crippen LogP) is 2.68. The maximum atomic E-state index is 12.2. The number of amides is 1. The number of carbonyl (C=O) groups is 1. The maximum Gasteiger partial charge on any atom is 0.229 e. The number of carbonyl (C=O) groups excluding carboxylic acids is 1. The molecule has 0 saturated heterocycles. The van der Waals surface area contributed by atoms with E-state index in [4.69, 9.17) is 5.73 Å². The molecule has 0 spiro atoms. The minimum absolute atomic E-state index is 0.0290. The van der Waals surface area contributed by atoms with Crippen molar-refractivity contribution in [3.8, 4) is 0 Å². The second-order valence-electron chi connectivity index (χ2n) is 5.13. The third kappa shape index (κ3) is 4.21. The van der Waals surface area contributed by atoms with Crippen LogP contribution in [0.3, 0.4) is 0 Å². The molecule has 0 bridgehead atoms. The van der Waals surface area contributed by atoms with E-state index in [0.29, 0.717) is 6.54 Å². The molecule has 1 aromatic rings. The topological polar surface area (TPSA) is 58.4 Å². The molecular weight excluding hydrogens is 306 g/mol. The van der Waals surface area contributed by atoms with Crippen LogP contribution in [0.5, 0.6) is 0 Å². The Labute approximate surface area is 123 Å². The normalized spacial score (nSPS) is 12.4. The Morgan fingerprint density at radius 3 is 2.53 bits per heavy atom. The summed E-state index contributed by atoms with van der Waals surface area (Å²) in [5.74, 6) is 0.0210. The predicted molar refractivity (Wildman–Crippen MR) is 84.5 cm³/mol. The van der Waals surface area contributed by atoms with Gasteiger partial charge >= 0.3 is 0 Å². The highest BCUT2D eigenvalue weighted by Gasteiger charge is 2.21. The highest BCUT2D eigenvalue weighted by atomic mass is 79.9. The molecule has 1 amide bonds. The van der Waals surface area contributed by atoms with E-state index in [0.717, 1.165) is 15.8 Å². The van der Waals surface area contributed by atoms with Crippen molar-refractivity contribution in [1.29, 1.82) is 0 Å². The van der Waals surface area contributed by atoms with Gasteiger partial charge in [0.25, 0.3) is 0 Å². The van der Waals surface area contributed by atoms with Gasteiger partial charge in [-0.2, -0.15) is 0 Å². The second kappa shape index (κ2) is 6.91. The van der Waals surface area contributed by atoms with E-state index < -0.39 is 0 Å². The largest absolute Gasteiger partial charge is 0.376 e. The fraction of sp³-hybridized carbons (Fsp3) is 0.500. The van der Waals surface area contributed by atoms with Crippen LogP contribution in [0, 0.1) is 11.8 Å². The van der Waals surface area contributed by atoms with Gasteiger partial charge in [0, 0.05) is 25.1 Å². The Hall–Kier alpha value is -1.07. The van der Waals surface area contributed by atoms with E-state index in [9.17, 15) is 4.79 Å². The van der Waals surface area contributed by atoms with Crippen molar-refractivity contribution >= 4 is 33.2 Å². The zero-order valence-corrected chi connectivity index (χ0v) is 13.5. The molecular formula is C14H22BrN3O. The van der Waals surface area contributed by atoms with Gasteiger partial charge in [-0.25, -0.2) is 0 Å². The molecule has 0 aliphatic carbocycles. The van der Waals surface area contributed by atoms with Gasteiger partial charge in [-0.1, -0.05) is 29.8 Å². The average molecular weight is 328 g/mol. The van der Waals surface area contributed by atoms with Crippen LogP contribution in [-0.2, 0) is 4.79 Å². The molecule has 4 nitrogen and oxygen atoms in total. The molecule has 1 atom stereocenters. The van der Waals surface area contributed by atoms with Crippen LogP contribution in [0.15, 0.2) is 22.7 Å². The van der Waals surface area contributed by atoms with E-state index >= 15 is 0 Å². The van der Waals surface area contributed by atoms with Crippen LogP contribution in [0.25, 0.3) is 0 Å². The van der Waals surface area contributed by atoms with Crippen molar-refractivity contribution in [3.05, 3.63) is 22.7 Å². The van der Waals surface area contributed by atoms with Gasteiger partial charge in [-0.3, -0.25) is 4.79 Å². The number of nitrogens with one attached hydrogen (secondary N) is 1. The van der Waals surface area contributed by atoms with Crippen LogP contribution < -0.4 is 16.0 Å². The van der Waals surface area contributed by atoms with Crippen LogP contribution in [-0.4, -0.2) is 26.5 Å². The molecule has 0 aliphatic heterocycles. The van der Waals surface area contributed by atoms with Gasteiger partial charge < -0.3 is 16.0 Å². The number of benzene rings is 1. The first kappa shape index (κ1) is 16.0. The van der Waals surface area contributed by atoms with Crippen molar-refractivity contribution in [2.75, 3.05) is 30.9 Å². The summed E-state index contributed by atoms with van der Waals surface area (Å²) in [5.41, 5.74) is 7.44. The van der Waals surface area contributed by atoms with Crippen molar-refractivity contribution < 1.29 is 4.79 Å². The summed E-state index contributed by atoms with van der Waals surface area (Å²) in [6.07, 6.45) is 0. The summed E-state index contributed by atoms with van der Waals surface area (Å²) >= 11 is 3.42. The number of nitrogens with two attached hydrogens (primary N) is 1. The van der Waals surface area contributed by atoms with Crippen LogP contribution in [0.1, 0.15) is 13.8 Å². The first-order chi connectivity index (χ1) is 8.86. The average Bonchev–Trinajstić information content (AvgIpc) is 2.28. The molecule has 0 radical (unpaired) electrons. The summed E-state index contributed by atoms with van der Waals surface area (Å²) in [7, 11) is 3.89. The quantitative estimate of drug-likeness (QED) is 0.874. The van der Waals surface area contributed by atoms with Gasteiger partial charge in [0.2, 0.25) is 5.91 Å². The van der Waals surface area contributed by atoms with Gasteiger partial charge in [0.1, 0.15) is 0 Å². The van der Waals surface area contributed by atoms with E-state index in [1.54, 1.807) is 0 Å². The molecule has 3 N–H and O–H groups in total. The third-order valence-corrected chi connectivity index (χ3v) is 3.59. The standard InChI is InChI=1S/C14H22BrN3O/c1-9(2)11(8-16)14(19)17-12-7-10(15)5-6-13(12)18(3)4/h5-7,9,11H,8,16H2,1-4H3,(H,17,19). The van der Waals surface area contributed by atoms with Crippen LogP contribution in [0.4, 0.5) is 11.4 Å². The minimum Gasteiger partial charge on any atom is -0.376 e. The van der Waals surface area contributed by atoms with Crippen molar-refractivity contribution in [2.24, 2.45) is 17.6 Å². The summed E-state index contributed by atoms with van der Waals surface area (Å²) in [5, 5.41) is 2.97. The maximum absolute atomic E-state index is 12.2. The third-order valence-electron chi connectivity index (χ3n) is 3.09. The highest BCUT2D eigenvalue weighted by molar-refractivity contribution is 9.10. The molecule has 0 aliphatic rings. The lowest BCUT2D eigenvalue weighted by Crippen LogP contribution is -2.33. The van der Waals surface area contributed by atoms with E-state index in [1.807, 2.05) is 51.0 Å². The molecule has 0 heterocycles. The van der Waals surface area contributed by atoms with Crippen LogP contribution in [0.2, 0.25) is 0 Å². The smallest absolute Gasteiger partial charge is 0.229 e. The fourth-order valence-electron chi connectivity index (χ4n) is 1.91. The van der Waals surface area contributed by atoms with E-state index in [2.05, 4.69) is 21.2 Å². The number of halogens is 1. The first-order valence-corrected chi connectivity index (χ1v) is 7.14. The van der Waals surface area contributed by atoms with Crippen molar-refractivity contribution in [2.45, 2.75) is 13.8 Å². The number of rotatable bonds is 5. The molecule has 0 saturated carbocycles. The van der Waals surface area contributed by atoms with E-state index in [-0.39, 0.29) is 17.7 Å². The fourth-order valence-corrected chi connectivity index (χ4v) is 2.27. The first-order valence-electron chi connectivity index (χ1n) is 6.34. The Balaban J connectivity index is 2.98. The zero-order valence-electron chi connectivity index (χ0n) is 11.9. The van der Waals surface area contributed by atoms with Gasteiger partial charge in [0.15, 0.2) is 0 Å². The molecule has 1 unspecified atom stereocenters. The Bertz CT molecular complexity index is 446. The summed E-state index contributed by atoms with van der Waals surface area (Å²) in [6, 6.07) is 5.82. The Morgan fingerprint density at radius 1 is 1.42 bits per heavy atom. The van der Waals surface area contributed by atoms with E-state index in [1.165, 1.54) is 0 Å². The lowest BCUT2D eigenvalue weighted by Gasteiger charge is -2.22. The molecule has 1 rings (SSSR count). The number of nitrogens with zero attached hydrogens (tertiary/aromatic N) is 1. The van der Waals surface area contributed by atoms with Gasteiger partial charge in [-0.15, -0.1) is 0 Å². The molecule has 19 heavy (non-hydrogen) atoms. The highest BCUT2D eigenvalue weighted by Crippen LogP contribution is 2.28. The molecule has 1 aromatic carbocycles. The molecule has 5 heteroatoms. The Kier molecular flexibility index (Phi) is 5.82. The molecule has 0 fully saturated rings. The molecule has 106 valence electrons. The lowest BCUT2D eigenvalue weighted by molar-refractivity contribution is -0.120. The Morgan fingerprint density at radius 2 is 2.05 bits per heavy atom. The van der Waals surface area contributed by atoms with Gasteiger partial charge in [0.05, 0.1) is 17.3 Å².